The molecular formula is C10H18N2O2. The highest BCUT2D eigenvalue weighted by molar-refractivity contribution is 5.69. The average molecular weight is 198 g/mol. The summed E-state index contributed by atoms with van der Waals surface area (Å²) in [5.41, 5.74) is 0. The molecule has 0 aliphatic carbocycles. The maximum absolute atomic E-state index is 11.1. The minimum absolute atomic E-state index is 0.138. The van der Waals surface area contributed by atoms with E-state index in [1.54, 1.807) is 4.90 Å². The molecule has 4 nitrogen and oxygen atoms in total. The van der Waals surface area contributed by atoms with Crippen molar-refractivity contribution >= 4 is 6.09 Å². The molecule has 2 heterocycles. The number of carbonyl (C=O) groups excluding carboxylic acids is 1. The van der Waals surface area contributed by atoms with Gasteiger partial charge in [-0.05, 0) is 25.8 Å². The van der Waals surface area contributed by atoms with Gasteiger partial charge in [0.25, 0.3) is 0 Å². The van der Waals surface area contributed by atoms with Gasteiger partial charge in [-0.3, -0.25) is 0 Å². The summed E-state index contributed by atoms with van der Waals surface area (Å²) in [5.74, 6) is 0. The monoisotopic (exact) mass is 198 g/mol. The Morgan fingerprint density at radius 3 is 3.07 bits per heavy atom. The second kappa shape index (κ2) is 4.64. The first-order chi connectivity index (χ1) is 6.86. The molecule has 2 saturated heterocycles. The van der Waals surface area contributed by atoms with Crippen LogP contribution in [0.1, 0.15) is 25.7 Å². The number of hydrogen-bond acceptors (Lipinski definition) is 3. The molecule has 2 aliphatic heterocycles. The molecular weight excluding hydrogens is 180 g/mol. The Kier molecular flexibility index (Phi) is 3.24. The Morgan fingerprint density at radius 1 is 1.50 bits per heavy atom. The molecule has 1 amide bonds. The van der Waals surface area contributed by atoms with Gasteiger partial charge in [0.2, 0.25) is 0 Å². The number of carbonyl (C=O) groups is 1. The molecule has 2 rings (SSSR count). The number of piperidine rings is 1. The van der Waals surface area contributed by atoms with Crippen LogP contribution in [-0.2, 0) is 4.74 Å². The largest absolute Gasteiger partial charge is 0.448 e. The third kappa shape index (κ3) is 2.38. The smallest absolute Gasteiger partial charge is 0.409 e. The fourth-order valence-electron chi connectivity index (χ4n) is 2.11. The van der Waals surface area contributed by atoms with Crippen LogP contribution >= 0.6 is 0 Å². The van der Waals surface area contributed by atoms with Gasteiger partial charge in [0.15, 0.2) is 0 Å². The maximum atomic E-state index is 11.1. The SMILES string of the molecule is O=C1OCCN1CCC1CCCCN1. The lowest BCUT2D eigenvalue weighted by Gasteiger charge is -2.24. The first kappa shape index (κ1) is 9.77. The molecule has 14 heavy (non-hydrogen) atoms. The van der Waals surface area contributed by atoms with E-state index in [0.717, 1.165) is 26.1 Å². The summed E-state index contributed by atoms with van der Waals surface area (Å²) >= 11 is 0. The van der Waals surface area contributed by atoms with Crippen molar-refractivity contribution in [1.82, 2.24) is 10.2 Å². The highest BCUT2D eigenvalue weighted by Crippen LogP contribution is 2.12. The Morgan fingerprint density at radius 2 is 2.43 bits per heavy atom. The summed E-state index contributed by atoms with van der Waals surface area (Å²) in [4.78, 5) is 12.9. The van der Waals surface area contributed by atoms with Crippen LogP contribution in [0.25, 0.3) is 0 Å². The van der Waals surface area contributed by atoms with Crippen LogP contribution in [-0.4, -0.2) is 43.3 Å². The van der Waals surface area contributed by atoms with Crippen molar-refractivity contribution < 1.29 is 9.53 Å². The number of ether oxygens (including phenoxy) is 1. The third-order valence-corrected chi connectivity index (χ3v) is 3.00. The fourth-order valence-corrected chi connectivity index (χ4v) is 2.11. The van der Waals surface area contributed by atoms with Gasteiger partial charge in [-0.15, -0.1) is 0 Å². The van der Waals surface area contributed by atoms with E-state index in [2.05, 4.69) is 5.32 Å². The summed E-state index contributed by atoms with van der Waals surface area (Å²) in [5, 5.41) is 3.48. The van der Waals surface area contributed by atoms with E-state index in [9.17, 15) is 4.79 Å². The summed E-state index contributed by atoms with van der Waals surface area (Å²) in [6, 6.07) is 0.608. The van der Waals surface area contributed by atoms with Gasteiger partial charge < -0.3 is 15.0 Å². The molecule has 0 spiro atoms. The minimum atomic E-state index is -0.138. The van der Waals surface area contributed by atoms with Crippen LogP contribution < -0.4 is 5.32 Å². The lowest BCUT2D eigenvalue weighted by Crippen LogP contribution is -2.37. The quantitative estimate of drug-likeness (QED) is 0.734. The first-order valence-electron chi connectivity index (χ1n) is 5.51. The van der Waals surface area contributed by atoms with Crippen molar-refractivity contribution in [2.75, 3.05) is 26.2 Å². The predicted octanol–water partition coefficient (Wildman–Crippen LogP) is 0.971. The van der Waals surface area contributed by atoms with Crippen molar-refractivity contribution in [2.24, 2.45) is 0 Å². The molecule has 0 radical (unpaired) electrons. The van der Waals surface area contributed by atoms with Gasteiger partial charge in [-0.25, -0.2) is 4.79 Å². The number of amides is 1. The van der Waals surface area contributed by atoms with Crippen molar-refractivity contribution in [1.29, 1.82) is 0 Å². The topological polar surface area (TPSA) is 41.6 Å². The van der Waals surface area contributed by atoms with Crippen LogP contribution in [0.3, 0.4) is 0 Å². The van der Waals surface area contributed by atoms with Crippen molar-refractivity contribution in [3.63, 3.8) is 0 Å². The third-order valence-electron chi connectivity index (χ3n) is 3.00. The Labute approximate surface area is 84.6 Å². The van der Waals surface area contributed by atoms with Crippen molar-refractivity contribution in [3.05, 3.63) is 0 Å². The second-order valence-electron chi connectivity index (χ2n) is 4.04. The molecule has 0 aromatic heterocycles. The van der Waals surface area contributed by atoms with Crippen LogP contribution in [0.2, 0.25) is 0 Å². The summed E-state index contributed by atoms with van der Waals surface area (Å²) in [7, 11) is 0. The molecule has 1 N–H and O–H groups in total. The van der Waals surface area contributed by atoms with E-state index in [4.69, 9.17) is 4.74 Å². The molecule has 0 aromatic carbocycles. The average Bonchev–Trinajstić information content (AvgIpc) is 2.63. The highest BCUT2D eigenvalue weighted by atomic mass is 16.6. The van der Waals surface area contributed by atoms with Crippen LogP contribution in [0.4, 0.5) is 4.79 Å². The lowest BCUT2D eigenvalue weighted by molar-refractivity contribution is 0.157. The van der Waals surface area contributed by atoms with E-state index in [1.807, 2.05) is 0 Å². The molecule has 2 fully saturated rings. The molecule has 1 atom stereocenters. The van der Waals surface area contributed by atoms with Crippen LogP contribution in [0, 0.1) is 0 Å². The van der Waals surface area contributed by atoms with Crippen LogP contribution in [0.5, 0.6) is 0 Å². The summed E-state index contributed by atoms with van der Waals surface area (Å²) in [6.45, 7) is 3.31. The fraction of sp³-hybridized carbons (Fsp3) is 0.900. The Bertz CT molecular complexity index is 202. The predicted molar refractivity (Wildman–Crippen MR) is 53.2 cm³/mol. The number of nitrogens with one attached hydrogen (secondary N) is 1. The zero-order valence-corrected chi connectivity index (χ0v) is 8.50. The van der Waals surface area contributed by atoms with Gasteiger partial charge in [0.1, 0.15) is 6.61 Å². The molecule has 2 aliphatic rings. The van der Waals surface area contributed by atoms with Gasteiger partial charge >= 0.3 is 6.09 Å². The number of rotatable bonds is 3. The van der Waals surface area contributed by atoms with Gasteiger partial charge in [0.05, 0.1) is 6.54 Å². The number of hydrogen-bond donors (Lipinski definition) is 1. The summed E-state index contributed by atoms with van der Waals surface area (Å²) in [6.07, 6.45) is 4.79. The van der Waals surface area contributed by atoms with E-state index >= 15 is 0 Å². The highest BCUT2D eigenvalue weighted by Gasteiger charge is 2.22. The number of nitrogens with zero attached hydrogens (tertiary/aromatic N) is 1. The molecule has 80 valence electrons. The maximum Gasteiger partial charge on any atom is 0.409 e. The van der Waals surface area contributed by atoms with Gasteiger partial charge in [0, 0.05) is 12.6 Å². The first-order valence-corrected chi connectivity index (χ1v) is 5.51. The number of cyclic esters (lactones) is 1. The lowest BCUT2D eigenvalue weighted by atomic mass is 10.0. The minimum Gasteiger partial charge on any atom is -0.448 e. The second-order valence-corrected chi connectivity index (χ2v) is 4.04. The zero-order chi connectivity index (χ0) is 9.80. The Hall–Kier alpha value is -0.770. The molecule has 4 heteroatoms. The molecule has 0 aromatic rings. The van der Waals surface area contributed by atoms with Crippen molar-refractivity contribution in [3.8, 4) is 0 Å². The molecule has 1 unspecified atom stereocenters. The van der Waals surface area contributed by atoms with E-state index in [0.29, 0.717) is 12.6 Å². The molecule has 0 bridgehead atoms. The standard InChI is InChI=1S/C10H18N2O2/c13-10-12(7-8-14-10)6-4-9-3-1-2-5-11-9/h9,11H,1-8H2. The van der Waals surface area contributed by atoms with Gasteiger partial charge in [-0.2, -0.15) is 0 Å². The van der Waals surface area contributed by atoms with Crippen LogP contribution in [0.15, 0.2) is 0 Å². The Balaban J connectivity index is 1.68. The van der Waals surface area contributed by atoms with E-state index in [-0.39, 0.29) is 6.09 Å². The van der Waals surface area contributed by atoms with E-state index < -0.39 is 0 Å². The van der Waals surface area contributed by atoms with Crippen molar-refractivity contribution in [2.45, 2.75) is 31.7 Å². The molecule has 0 saturated carbocycles. The van der Waals surface area contributed by atoms with E-state index in [1.165, 1.54) is 19.3 Å². The zero-order valence-electron chi connectivity index (χ0n) is 8.50. The summed E-state index contributed by atoms with van der Waals surface area (Å²) < 4.78 is 4.87. The normalized spacial score (nSPS) is 27.9. The van der Waals surface area contributed by atoms with Gasteiger partial charge in [-0.1, -0.05) is 6.42 Å².